The predicted molar refractivity (Wildman–Crippen MR) is 54.2 cm³/mol. The van der Waals surface area contributed by atoms with Crippen LogP contribution in [-0.4, -0.2) is 31.8 Å². The first-order valence-electron chi connectivity index (χ1n) is 3.77. The van der Waals surface area contributed by atoms with E-state index in [1.807, 2.05) is 6.92 Å². The Morgan fingerprint density at radius 3 is 1.00 bits per heavy atom. The van der Waals surface area contributed by atoms with Crippen LogP contribution in [0.1, 0.15) is 19.8 Å². The molecule has 2 N–H and O–H groups in total. The Hall–Kier alpha value is -2.48. The summed E-state index contributed by atoms with van der Waals surface area (Å²) in [5, 5.41) is 60.5. The van der Waals surface area contributed by atoms with Crippen LogP contribution in [-0.2, 0) is 0 Å². The first-order valence-corrected chi connectivity index (χ1v) is 3.77. The van der Waals surface area contributed by atoms with Crippen LogP contribution in [0.2, 0.25) is 0 Å². The van der Waals surface area contributed by atoms with E-state index < -0.39 is 21.5 Å². The normalized spacial score (nSPS) is 7.33. The Balaban J connectivity index is -0.0000000742. The lowest BCUT2D eigenvalue weighted by molar-refractivity contribution is -0.403. The maximum Gasteiger partial charge on any atom is 0.151 e. The zero-order valence-corrected chi connectivity index (χ0v) is 8.90. The number of aliphatic hydroxyl groups is 2. The number of nitrogens with zero attached hydrogens (tertiary/aromatic N) is 3. The van der Waals surface area contributed by atoms with Crippen molar-refractivity contribution in [2.24, 2.45) is 0 Å². The smallest absolute Gasteiger partial charge is 0.151 e. The van der Waals surface area contributed by atoms with Crippen LogP contribution in [0.3, 0.4) is 0 Å². The second kappa shape index (κ2) is 20.0. The van der Waals surface area contributed by atoms with E-state index in [9.17, 15) is 0 Å². The van der Waals surface area contributed by atoms with Crippen LogP contribution in [0.25, 0.3) is 0 Å². The van der Waals surface area contributed by atoms with Crippen molar-refractivity contribution in [2.75, 3.05) is 0 Å². The number of aliphatic hydroxyl groups excluding tert-OH is 1. The SMILES string of the molecule is CCCC(O)O.O=[N+]([O-])[O-].O=[N+]([O-])[O-].O=[N+]([O-])[O-]. The Morgan fingerprint density at radius 1 is 0.833 bits per heavy atom. The second-order valence-corrected chi connectivity index (χ2v) is 1.94. The van der Waals surface area contributed by atoms with Gasteiger partial charge in [0.25, 0.3) is 0 Å². The summed E-state index contributed by atoms with van der Waals surface area (Å²) >= 11 is 0. The molecule has 0 radical (unpaired) electrons. The second-order valence-electron chi connectivity index (χ2n) is 1.94. The summed E-state index contributed by atoms with van der Waals surface area (Å²) in [7, 11) is 0. The van der Waals surface area contributed by atoms with E-state index in [4.69, 9.17) is 56.2 Å². The van der Waals surface area contributed by atoms with E-state index in [2.05, 4.69) is 0 Å². The zero-order chi connectivity index (χ0) is 15.7. The molecule has 14 heteroatoms. The molecule has 110 valence electrons. The Morgan fingerprint density at radius 2 is 1.00 bits per heavy atom. The fourth-order valence-electron chi connectivity index (χ4n) is 0.258. The molecule has 0 unspecified atom stereocenters. The number of hydrogen-bond acceptors (Lipinski definition) is 11. The highest BCUT2D eigenvalue weighted by Gasteiger charge is 1.89. The summed E-state index contributed by atoms with van der Waals surface area (Å²) in [6, 6.07) is 0. The molecule has 0 aromatic heterocycles. The summed E-state index contributed by atoms with van der Waals surface area (Å²) in [4.78, 5) is 24.8. The van der Waals surface area contributed by atoms with Gasteiger partial charge in [-0.15, -0.1) is 0 Å². The molecule has 18 heavy (non-hydrogen) atoms. The van der Waals surface area contributed by atoms with Gasteiger partial charge >= 0.3 is 0 Å². The molecule has 0 rings (SSSR count). The van der Waals surface area contributed by atoms with Crippen molar-refractivity contribution in [3.05, 3.63) is 46.0 Å². The molecule has 0 saturated carbocycles. The van der Waals surface area contributed by atoms with Crippen LogP contribution in [0, 0.1) is 46.0 Å². The molecular weight excluding hydrogens is 266 g/mol. The van der Waals surface area contributed by atoms with Crippen molar-refractivity contribution in [1.29, 1.82) is 0 Å². The molecular formula is C4H10N3O11-3. The molecule has 0 heterocycles. The molecule has 14 nitrogen and oxygen atoms in total. The standard InChI is InChI=1S/C4H10O2.3NO3/c1-2-3-4(5)6;3*2-1(3)4/h4-6H,2-3H2,1H3;;;/q;3*-1. The average Bonchev–Trinajstić information content (AvgIpc) is 1.98. The number of rotatable bonds is 2. The monoisotopic (exact) mass is 276 g/mol. The average molecular weight is 276 g/mol. The van der Waals surface area contributed by atoms with Crippen LogP contribution in [0.15, 0.2) is 0 Å². The van der Waals surface area contributed by atoms with E-state index in [0.717, 1.165) is 6.42 Å². The minimum absolute atomic E-state index is 0.486. The summed E-state index contributed by atoms with van der Waals surface area (Å²) in [6.07, 6.45) is 0.215. The van der Waals surface area contributed by atoms with Gasteiger partial charge in [0.05, 0.1) is 15.3 Å². The first-order chi connectivity index (χ1) is 7.97. The third-order valence-corrected chi connectivity index (χ3v) is 0.547. The van der Waals surface area contributed by atoms with Gasteiger partial charge in [-0.05, 0) is 6.42 Å². The molecule has 0 aromatic carbocycles. The van der Waals surface area contributed by atoms with Crippen molar-refractivity contribution in [3.63, 3.8) is 0 Å². The summed E-state index contributed by atoms with van der Waals surface area (Å²) < 4.78 is 0. The van der Waals surface area contributed by atoms with Gasteiger partial charge in [0, 0.05) is 0 Å². The maximum absolute atomic E-state index is 8.25. The molecule has 0 aliphatic carbocycles. The van der Waals surface area contributed by atoms with Crippen molar-refractivity contribution in [3.8, 4) is 0 Å². The Labute approximate surface area is 98.6 Å². The van der Waals surface area contributed by atoms with Crippen molar-refractivity contribution >= 4 is 0 Å². The maximum atomic E-state index is 8.25. The van der Waals surface area contributed by atoms with Gasteiger partial charge in [0.15, 0.2) is 6.29 Å². The molecule has 0 aliphatic rings. The van der Waals surface area contributed by atoms with Crippen LogP contribution in [0.5, 0.6) is 0 Å². The predicted octanol–water partition coefficient (Wildman–Crippen LogP) is -0.620. The quantitative estimate of drug-likeness (QED) is 0.365. The fraction of sp³-hybridized carbons (Fsp3) is 1.00. The summed E-state index contributed by atoms with van der Waals surface area (Å²) in [5.41, 5.74) is 0. The van der Waals surface area contributed by atoms with E-state index >= 15 is 0 Å². The minimum atomic E-state index is -1.75. The van der Waals surface area contributed by atoms with Crippen molar-refractivity contribution < 1.29 is 25.5 Å². The Bertz CT molecular complexity index is 178. The van der Waals surface area contributed by atoms with E-state index in [-0.39, 0.29) is 0 Å². The highest BCUT2D eigenvalue weighted by molar-refractivity contribution is 4.31. The molecule has 0 saturated heterocycles. The molecule has 0 aromatic rings. The molecule has 0 amide bonds. The fourth-order valence-corrected chi connectivity index (χ4v) is 0.258. The van der Waals surface area contributed by atoms with Crippen molar-refractivity contribution in [1.82, 2.24) is 0 Å². The van der Waals surface area contributed by atoms with Crippen LogP contribution < -0.4 is 0 Å². The Kier molecular flexibility index (Phi) is 27.4. The van der Waals surface area contributed by atoms with Gasteiger partial charge in [0.2, 0.25) is 0 Å². The van der Waals surface area contributed by atoms with Gasteiger partial charge in [-0.2, -0.15) is 0 Å². The van der Waals surface area contributed by atoms with E-state index in [1.54, 1.807) is 0 Å². The summed E-state index contributed by atoms with van der Waals surface area (Å²) in [6.45, 7) is 1.90. The van der Waals surface area contributed by atoms with E-state index in [0.29, 0.717) is 6.42 Å². The third-order valence-electron chi connectivity index (χ3n) is 0.547. The zero-order valence-electron chi connectivity index (χ0n) is 8.90. The number of hydrogen-bond donors (Lipinski definition) is 2. The molecule has 0 fully saturated rings. The highest BCUT2D eigenvalue weighted by atomic mass is 16.9. The lowest BCUT2D eigenvalue weighted by atomic mass is 10.3. The molecule has 0 spiro atoms. The van der Waals surface area contributed by atoms with Gasteiger partial charge < -0.3 is 56.2 Å². The van der Waals surface area contributed by atoms with Crippen LogP contribution in [0.4, 0.5) is 0 Å². The van der Waals surface area contributed by atoms with Crippen molar-refractivity contribution in [2.45, 2.75) is 26.1 Å². The highest BCUT2D eigenvalue weighted by Crippen LogP contribution is 1.88. The molecule has 0 aliphatic heterocycles. The lowest BCUT2D eigenvalue weighted by Crippen LogP contribution is -2.01. The molecule has 0 bridgehead atoms. The topological polar surface area (TPSA) is 239 Å². The largest absolute Gasteiger partial charge is 0.368 e. The third kappa shape index (κ3) is 7840. The van der Waals surface area contributed by atoms with Gasteiger partial charge in [-0.3, -0.25) is 0 Å². The van der Waals surface area contributed by atoms with Gasteiger partial charge in [-0.25, -0.2) is 0 Å². The first kappa shape index (κ1) is 24.7. The summed E-state index contributed by atoms with van der Waals surface area (Å²) in [5.74, 6) is 0. The van der Waals surface area contributed by atoms with E-state index in [1.165, 1.54) is 0 Å². The van der Waals surface area contributed by atoms with Crippen LogP contribution >= 0.6 is 0 Å². The van der Waals surface area contributed by atoms with Gasteiger partial charge in [0.1, 0.15) is 0 Å². The molecule has 0 atom stereocenters. The van der Waals surface area contributed by atoms with Gasteiger partial charge in [-0.1, -0.05) is 13.3 Å². The lowest BCUT2D eigenvalue weighted by Gasteiger charge is -1.94. The minimum Gasteiger partial charge on any atom is -0.368 e.